The van der Waals surface area contributed by atoms with Crippen LogP contribution in [0, 0.1) is 11.6 Å². The fourth-order valence-electron chi connectivity index (χ4n) is 0.944. The standard InChI is InChI=1S/C9H7F4NO/c10-6-3-1-2-5(8(6)13)9(15)14-4-7(11)12/h1-3,7H,4H2,(H,14,15). The largest absolute Gasteiger partial charge is 0.346 e. The third-order valence-corrected chi connectivity index (χ3v) is 1.61. The topological polar surface area (TPSA) is 29.1 Å². The van der Waals surface area contributed by atoms with Crippen molar-refractivity contribution >= 4 is 5.91 Å². The van der Waals surface area contributed by atoms with Crippen molar-refractivity contribution in [1.82, 2.24) is 5.32 Å². The third-order valence-electron chi connectivity index (χ3n) is 1.61. The van der Waals surface area contributed by atoms with E-state index in [0.717, 1.165) is 18.2 Å². The first-order valence-corrected chi connectivity index (χ1v) is 4.02. The van der Waals surface area contributed by atoms with Crippen LogP contribution < -0.4 is 5.32 Å². The lowest BCUT2D eigenvalue weighted by Crippen LogP contribution is -2.29. The highest BCUT2D eigenvalue weighted by atomic mass is 19.3. The van der Waals surface area contributed by atoms with Gasteiger partial charge < -0.3 is 5.32 Å². The summed E-state index contributed by atoms with van der Waals surface area (Å²) in [6, 6.07) is 2.97. The molecule has 0 aliphatic heterocycles. The number of amides is 1. The summed E-state index contributed by atoms with van der Waals surface area (Å²) < 4.78 is 49.0. The summed E-state index contributed by atoms with van der Waals surface area (Å²) >= 11 is 0. The van der Waals surface area contributed by atoms with Crippen LogP contribution in [0.15, 0.2) is 18.2 Å². The van der Waals surface area contributed by atoms with Crippen molar-refractivity contribution in [2.45, 2.75) is 6.43 Å². The normalized spacial score (nSPS) is 10.5. The van der Waals surface area contributed by atoms with E-state index in [9.17, 15) is 22.4 Å². The van der Waals surface area contributed by atoms with Gasteiger partial charge in [-0.05, 0) is 12.1 Å². The molecule has 6 heteroatoms. The maximum Gasteiger partial charge on any atom is 0.255 e. The maximum atomic E-state index is 13.0. The lowest BCUT2D eigenvalue weighted by Gasteiger charge is -2.05. The van der Waals surface area contributed by atoms with Crippen LogP contribution in [0.5, 0.6) is 0 Å². The number of hydrogen-bond acceptors (Lipinski definition) is 1. The molecule has 1 aromatic carbocycles. The molecule has 0 heterocycles. The zero-order chi connectivity index (χ0) is 11.4. The molecule has 0 radical (unpaired) electrons. The molecule has 0 aliphatic carbocycles. The zero-order valence-corrected chi connectivity index (χ0v) is 7.44. The van der Waals surface area contributed by atoms with Crippen LogP contribution >= 0.6 is 0 Å². The number of nitrogens with one attached hydrogen (secondary N) is 1. The minimum absolute atomic E-state index is 0.587. The van der Waals surface area contributed by atoms with Crippen LogP contribution in [0.4, 0.5) is 17.6 Å². The second-order valence-corrected chi connectivity index (χ2v) is 2.70. The summed E-state index contributed by atoms with van der Waals surface area (Å²) in [5.74, 6) is -3.60. The minimum Gasteiger partial charge on any atom is -0.346 e. The van der Waals surface area contributed by atoms with E-state index < -0.39 is 36.1 Å². The number of benzene rings is 1. The fourth-order valence-corrected chi connectivity index (χ4v) is 0.944. The third kappa shape index (κ3) is 2.93. The number of carbonyl (C=O) groups excluding carboxylic acids is 1. The van der Waals surface area contributed by atoms with Crippen LogP contribution in [-0.2, 0) is 0 Å². The summed E-state index contributed by atoms with van der Waals surface area (Å²) in [5, 5.41) is 1.77. The van der Waals surface area contributed by atoms with E-state index in [2.05, 4.69) is 0 Å². The van der Waals surface area contributed by atoms with Gasteiger partial charge in [0.1, 0.15) is 0 Å². The van der Waals surface area contributed by atoms with E-state index in [1.807, 2.05) is 0 Å². The molecule has 0 spiro atoms. The van der Waals surface area contributed by atoms with Gasteiger partial charge in [0.2, 0.25) is 0 Å². The van der Waals surface area contributed by atoms with Crippen LogP contribution in [0.1, 0.15) is 10.4 Å². The molecule has 1 amide bonds. The molecule has 0 unspecified atom stereocenters. The molecule has 0 saturated heterocycles. The summed E-state index contributed by atoms with van der Waals surface area (Å²) in [6.45, 7) is -0.894. The van der Waals surface area contributed by atoms with Crippen molar-refractivity contribution in [2.24, 2.45) is 0 Å². The first-order valence-electron chi connectivity index (χ1n) is 4.02. The molecule has 15 heavy (non-hydrogen) atoms. The number of carbonyl (C=O) groups is 1. The molecule has 1 aromatic rings. The number of alkyl halides is 2. The maximum absolute atomic E-state index is 13.0. The van der Waals surface area contributed by atoms with Gasteiger partial charge in [-0.2, -0.15) is 0 Å². The van der Waals surface area contributed by atoms with Crippen LogP contribution in [-0.4, -0.2) is 18.9 Å². The lowest BCUT2D eigenvalue weighted by molar-refractivity contribution is 0.0887. The molecular formula is C9H7F4NO. The van der Waals surface area contributed by atoms with E-state index in [1.54, 1.807) is 5.32 Å². The van der Waals surface area contributed by atoms with Crippen LogP contribution in [0.25, 0.3) is 0 Å². The minimum atomic E-state index is -2.73. The Morgan fingerprint density at radius 1 is 1.33 bits per heavy atom. The Morgan fingerprint density at radius 2 is 2.00 bits per heavy atom. The molecule has 0 aliphatic rings. The van der Waals surface area contributed by atoms with Crippen molar-refractivity contribution in [3.63, 3.8) is 0 Å². The van der Waals surface area contributed by atoms with Gasteiger partial charge in [-0.1, -0.05) is 6.07 Å². The highest BCUT2D eigenvalue weighted by molar-refractivity contribution is 5.94. The summed E-state index contributed by atoms with van der Waals surface area (Å²) in [4.78, 5) is 11.1. The van der Waals surface area contributed by atoms with E-state index >= 15 is 0 Å². The van der Waals surface area contributed by atoms with Gasteiger partial charge in [0.15, 0.2) is 11.6 Å². The molecule has 2 nitrogen and oxygen atoms in total. The molecule has 1 rings (SSSR count). The van der Waals surface area contributed by atoms with Gasteiger partial charge in [-0.25, -0.2) is 17.6 Å². The van der Waals surface area contributed by atoms with Gasteiger partial charge in [-0.15, -0.1) is 0 Å². The molecule has 0 fully saturated rings. The Labute approximate surface area is 82.9 Å². The Hall–Kier alpha value is -1.59. The smallest absolute Gasteiger partial charge is 0.255 e. The van der Waals surface area contributed by atoms with Gasteiger partial charge in [0.25, 0.3) is 12.3 Å². The number of halogens is 4. The predicted molar refractivity (Wildman–Crippen MR) is 44.7 cm³/mol. The van der Waals surface area contributed by atoms with E-state index in [0.29, 0.717) is 0 Å². The van der Waals surface area contributed by atoms with E-state index in [4.69, 9.17) is 0 Å². The van der Waals surface area contributed by atoms with Gasteiger partial charge in [0, 0.05) is 0 Å². The molecule has 1 N–H and O–H groups in total. The van der Waals surface area contributed by atoms with Gasteiger partial charge in [-0.3, -0.25) is 4.79 Å². The quantitative estimate of drug-likeness (QED) is 0.776. The van der Waals surface area contributed by atoms with Crippen molar-refractivity contribution in [3.05, 3.63) is 35.4 Å². The van der Waals surface area contributed by atoms with E-state index in [-0.39, 0.29) is 0 Å². The van der Waals surface area contributed by atoms with E-state index in [1.165, 1.54) is 0 Å². The second-order valence-electron chi connectivity index (χ2n) is 2.70. The lowest BCUT2D eigenvalue weighted by atomic mass is 10.2. The molecule has 0 saturated carbocycles. The first-order chi connectivity index (χ1) is 7.02. The summed E-state index contributed by atoms with van der Waals surface area (Å²) in [6.07, 6.45) is -2.73. The average Bonchev–Trinajstić information content (AvgIpc) is 2.18. The molecular weight excluding hydrogens is 214 g/mol. The highest BCUT2D eigenvalue weighted by Crippen LogP contribution is 2.10. The second kappa shape index (κ2) is 4.77. The van der Waals surface area contributed by atoms with Crippen LogP contribution in [0.2, 0.25) is 0 Å². The summed E-state index contributed by atoms with van der Waals surface area (Å²) in [7, 11) is 0. The Morgan fingerprint density at radius 3 is 2.60 bits per heavy atom. The monoisotopic (exact) mass is 221 g/mol. The van der Waals surface area contributed by atoms with Crippen molar-refractivity contribution < 1.29 is 22.4 Å². The Bertz CT molecular complexity index is 367. The first kappa shape index (κ1) is 11.5. The van der Waals surface area contributed by atoms with Gasteiger partial charge >= 0.3 is 0 Å². The number of hydrogen-bond donors (Lipinski definition) is 1. The van der Waals surface area contributed by atoms with Crippen molar-refractivity contribution in [1.29, 1.82) is 0 Å². The zero-order valence-electron chi connectivity index (χ0n) is 7.44. The van der Waals surface area contributed by atoms with Crippen molar-refractivity contribution in [3.8, 4) is 0 Å². The predicted octanol–water partition coefficient (Wildman–Crippen LogP) is 1.96. The SMILES string of the molecule is O=C(NCC(F)F)c1cccc(F)c1F. The fraction of sp³-hybridized carbons (Fsp3) is 0.222. The Kier molecular flexibility index (Phi) is 3.65. The molecule has 82 valence electrons. The molecule has 0 atom stereocenters. The molecule has 0 aromatic heterocycles. The number of rotatable bonds is 3. The summed E-state index contributed by atoms with van der Waals surface area (Å²) in [5.41, 5.74) is -0.587. The van der Waals surface area contributed by atoms with Crippen LogP contribution in [0.3, 0.4) is 0 Å². The van der Waals surface area contributed by atoms with Crippen molar-refractivity contribution in [2.75, 3.05) is 6.54 Å². The Balaban J connectivity index is 2.78. The average molecular weight is 221 g/mol. The molecule has 0 bridgehead atoms. The highest BCUT2D eigenvalue weighted by Gasteiger charge is 2.15. The van der Waals surface area contributed by atoms with Gasteiger partial charge in [0.05, 0.1) is 12.1 Å².